The van der Waals surface area contributed by atoms with Gasteiger partial charge in [-0.3, -0.25) is 5.10 Å². The molecular weight excluding hydrogens is 398 g/mol. The molecule has 0 amide bonds. The van der Waals surface area contributed by atoms with Gasteiger partial charge in [0.1, 0.15) is 10.7 Å². The predicted molar refractivity (Wildman–Crippen MR) is 94.5 cm³/mol. The van der Waals surface area contributed by atoms with E-state index in [2.05, 4.69) is 31.1 Å². The zero-order valence-electron chi connectivity index (χ0n) is 13.3. The van der Waals surface area contributed by atoms with Gasteiger partial charge in [0.15, 0.2) is 11.5 Å². The van der Waals surface area contributed by atoms with Crippen LogP contribution in [0.3, 0.4) is 0 Å². The summed E-state index contributed by atoms with van der Waals surface area (Å²) in [5, 5.41) is 16.4. The summed E-state index contributed by atoms with van der Waals surface area (Å²) >= 11 is 4.39. The summed E-state index contributed by atoms with van der Waals surface area (Å²) in [4.78, 5) is 15.7. The molecule has 0 unspecified atom stereocenters. The topological polar surface area (TPSA) is 97.3 Å². The molecule has 0 aliphatic carbocycles. The Labute approximate surface area is 151 Å². The van der Waals surface area contributed by atoms with Gasteiger partial charge in [-0.1, -0.05) is 0 Å². The van der Waals surface area contributed by atoms with Gasteiger partial charge in [0.2, 0.25) is 5.16 Å². The van der Waals surface area contributed by atoms with Crippen molar-refractivity contribution in [1.29, 1.82) is 0 Å². The number of halogens is 1. The summed E-state index contributed by atoms with van der Waals surface area (Å²) in [7, 11) is 1.53. The standard InChI is InChI=1S/C15H16BrN3O4S/c1-4-23-13-10(16)5-9(6-11(13)22-3)7-12(14(20)21)24-15-17-8(2)18-19-15/h5-7H,4H2,1-3H3,(H,20,21)(H,17,18,19)/b12-7+. The predicted octanol–water partition coefficient (Wildman–Crippen LogP) is 3.50. The lowest BCUT2D eigenvalue weighted by Crippen LogP contribution is -1.99. The van der Waals surface area contributed by atoms with Crippen molar-refractivity contribution in [2.75, 3.05) is 13.7 Å². The van der Waals surface area contributed by atoms with Crippen molar-refractivity contribution in [2.24, 2.45) is 0 Å². The second-order valence-electron chi connectivity index (χ2n) is 4.59. The van der Waals surface area contributed by atoms with Crippen LogP contribution in [-0.2, 0) is 4.79 Å². The van der Waals surface area contributed by atoms with Crippen LogP contribution in [0.4, 0.5) is 0 Å². The minimum atomic E-state index is -1.06. The lowest BCUT2D eigenvalue weighted by molar-refractivity contribution is -0.131. The van der Waals surface area contributed by atoms with Crippen molar-refractivity contribution in [3.05, 3.63) is 32.9 Å². The average molecular weight is 414 g/mol. The number of hydrogen-bond donors (Lipinski definition) is 2. The molecule has 1 aromatic carbocycles. The molecule has 0 saturated heterocycles. The molecule has 7 nitrogen and oxygen atoms in total. The Morgan fingerprint density at radius 2 is 2.25 bits per heavy atom. The van der Waals surface area contributed by atoms with Gasteiger partial charge >= 0.3 is 5.97 Å². The molecule has 1 aromatic heterocycles. The van der Waals surface area contributed by atoms with Gasteiger partial charge in [-0.15, -0.1) is 5.10 Å². The van der Waals surface area contributed by atoms with Crippen LogP contribution in [0.5, 0.6) is 11.5 Å². The smallest absolute Gasteiger partial charge is 0.342 e. The Morgan fingerprint density at radius 1 is 1.50 bits per heavy atom. The van der Waals surface area contributed by atoms with E-state index >= 15 is 0 Å². The highest BCUT2D eigenvalue weighted by atomic mass is 79.9. The minimum absolute atomic E-state index is 0.0899. The maximum Gasteiger partial charge on any atom is 0.342 e. The highest BCUT2D eigenvalue weighted by Gasteiger charge is 2.15. The fraction of sp³-hybridized carbons (Fsp3) is 0.267. The number of methoxy groups -OCH3 is 1. The van der Waals surface area contributed by atoms with Gasteiger partial charge in [-0.05, 0) is 65.3 Å². The molecule has 0 atom stereocenters. The quantitative estimate of drug-likeness (QED) is 0.529. The molecule has 0 spiro atoms. The molecule has 1 heterocycles. The second-order valence-corrected chi connectivity index (χ2v) is 6.45. The molecule has 9 heteroatoms. The van der Waals surface area contributed by atoms with Crippen LogP contribution in [-0.4, -0.2) is 40.0 Å². The van der Waals surface area contributed by atoms with E-state index in [-0.39, 0.29) is 4.91 Å². The Bertz CT molecular complexity index is 776. The van der Waals surface area contributed by atoms with E-state index in [0.717, 1.165) is 11.8 Å². The number of rotatable bonds is 7. The van der Waals surface area contributed by atoms with Crippen LogP contribution in [0.1, 0.15) is 18.3 Å². The fourth-order valence-corrected chi connectivity index (χ4v) is 3.19. The van der Waals surface area contributed by atoms with Gasteiger partial charge in [-0.2, -0.15) is 0 Å². The van der Waals surface area contributed by atoms with Gasteiger partial charge in [-0.25, -0.2) is 9.78 Å². The van der Waals surface area contributed by atoms with Crippen molar-refractivity contribution < 1.29 is 19.4 Å². The summed E-state index contributed by atoms with van der Waals surface area (Å²) < 4.78 is 11.5. The van der Waals surface area contributed by atoms with Crippen molar-refractivity contribution in [2.45, 2.75) is 19.0 Å². The second kappa shape index (κ2) is 8.20. The minimum Gasteiger partial charge on any atom is -0.493 e. The molecule has 2 aromatic rings. The van der Waals surface area contributed by atoms with E-state index in [9.17, 15) is 9.90 Å². The monoisotopic (exact) mass is 413 g/mol. The van der Waals surface area contributed by atoms with Crippen molar-refractivity contribution in [1.82, 2.24) is 15.2 Å². The third-order valence-electron chi connectivity index (χ3n) is 2.83. The highest BCUT2D eigenvalue weighted by molar-refractivity contribution is 9.10. The fourth-order valence-electron chi connectivity index (χ4n) is 1.86. The summed E-state index contributed by atoms with van der Waals surface area (Å²) in [6, 6.07) is 3.47. The Balaban J connectivity index is 2.38. The lowest BCUT2D eigenvalue weighted by atomic mass is 10.2. The number of benzene rings is 1. The van der Waals surface area contributed by atoms with Crippen LogP contribution in [0.25, 0.3) is 6.08 Å². The first kappa shape index (κ1) is 18.3. The number of nitrogens with zero attached hydrogens (tertiary/aromatic N) is 2. The molecule has 2 N–H and O–H groups in total. The normalized spacial score (nSPS) is 11.4. The molecule has 0 radical (unpaired) electrons. The first-order valence-corrected chi connectivity index (χ1v) is 8.57. The van der Waals surface area contributed by atoms with Crippen LogP contribution in [0.15, 0.2) is 26.7 Å². The molecule has 0 aliphatic heterocycles. The van der Waals surface area contributed by atoms with Gasteiger partial charge in [0, 0.05) is 0 Å². The number of nitrogens with one attached hydrogen (secondary N) is 1. The van der Waals surface area contributed by atoms with Crippen molar-refractivity contribution >= 4 is 39.7 Å². The van der Waals surface area contributed by atoms with Crippen LogP contribution >= 0.6 is 27.7 Å². The molecular formula is C15H16BrN3O4S. The SMILES string of the molecule is CCOc1c(Br)cc(/C=C(/Sc2n[nH]c(C)n2)C(=O)O)cc1OC. The number of carboxylic acid groups (broad SMARTS) is 1. The summed E-state index contributed by atoms with van der Waals surface area (Å²) in [5.41, 5.74) is 0.652. The summed E-state index contributed by atoms with van der Waals surface area (Å²) in [5.74, 6) is 0.645. The molecule has 128 valence electrons. The lowest BCUT2D eigenvalue weighted by Gasteiger charge is -2.12. The summed E-state index contributed by atoms with van der Waals surface area (Å²) in [6.45, 7) is 4.11. The number of aryl methyl sites for hydroxylation is 1. The van der Waals surface area contributed by atoms with Gasteiger partial charge < -0.3 is 14.6 Å². The maximum atomic E-state index is 11.5. The van der Waals surface area contributed by atoms with Crippen LogP contribution in [0, 0.1) is 6.92 Å². The van der Waals surface area contributed by atoms with E-state index in [1.165, 1.54) is 13.2 Å². The van der Waals surface area contributed by atoms with E-state index in [0.29, 0.717) is 39.1 Å². The van der Waals surface area contributed by atoms with Crippen molar-refractivity contribution in [3.8, 4) is 11.5 Å². The van der Waals surface area contributed by atoms with Gasteiger partial charge in [0.05, 0.1) is 18.2 Å². The number of carboxylic acids is 1. The number of H-pyrrole nitrogens is 1. The Hall–Kier alpha value is -2.00. The van der Waals surface area contributed by atoms with Crippen molar-refractivity contribution in [3.63, 3.8) is 0 Å². The largest absolute Gasteiger partial charge is 0.493 e. The number of ether oxygens (including phenoxy) is 2. The first-order chi connectivity index (χ1) is 11.4. The van der Waals surface area contributed by atoms with E-state index in [4.69, 9.17) is 9.47 Å². The number of carbonyl (C=O) groups is 1. The van der Waals surface area contributed by atoms with E-state index in [1.807, 2.05) is 6.92 Å². The third-order valence-corrected chi connectivity index (χ3v) is 4.29. The molecule has 0 bridgehead atoms. The number of aromatic amines is 1. The maximum absolute atomic E-state index is 11.5. The molecule has 0 fully saturated rings. The average Bonchev–Trinajstić information content (AvgIpc) is 2.94. The van der Waals surface area contributed by atoms with E-state index < -0.39 is 5.97 Å². The highest BCUT2D eigenvalue weighted by Crippen LogP contribution is 2.38. The molecule has 2 rings (SSSR count). The number of thioether (sulfide) groups is 1. The number of hydrogen-bond acceptors (Lipinski definition) is 6. The third kappa shape index (κ3) is 4.51. The van der Waals surface area contributed by atoms with E-state index in [1.54, 1.807) is 19.1 Å². The first-order valence-electron chi connectivity index (χ1n) is 6.96. The Morgan fingerprint density at radius 3 is 2.79 bits per heavy atom. The number of aliphatic carboxylic acids is 1. The zero-order chi connectivity index (χ0) is 17.7. The van der Waals surface area contributed by atoms with Gasteiger partial charge in [0.25, 0.3) is 0 Å². The van der Waals surface area contributed by atoms with Crippen LogP contribution in [0.2, 0.25) is 0 Å². The molecule has 0 aliphatic rings. The number of aromatic nitrogens is 3. The molecule has 24 heavy (non-hydrogen) atoms. The summed E-state index contributed by atoms with van der Waals surface area (Å²) in [6.07, 6.45) is 1.53. The Kier molecular flexibility index (Phi) is 6.27. The van der Waals surface area contributed by atoms with Crippen LogP contribution < -0.4 is 9.47 Å². The zero-order valence-corrected chi connectivity index (χ0v) is 15.7. The molecule has 0 saturated carbocycles.